The smallest absolute Gasteiger partial charge is 0.222 e. The second-order valence-electron chi connectivity index (χ2n) is 3.35. The maximum atomic E-state index is 5.20. The molecule has 0 aliphatic heterocycles. The highest BCUT2D eigenvalue weighted by Crippen LogP contribution is 2.01. The van der Waals surface area contributed by atoms with Gasteiger partial charge in [0, 0.05) is 31.5 Å². The Hall–Kier alpha value is -1.88. The van der Waals surface area contributed by atoms with Gasteiger partial charge in [0.05, 0.1) is 12.8 Å². The minimum Gasteiger partial charge on any atom is -0.468 e. The molecule has 2 rings (SSSR count). The molecule has 0 unspecified atom stereocenters. The first-order chi connectivity index (χ1) is 7.88. The molecule has 0 aliphatic carbocycles. The van der Waals surface area contributed by atoms with Crippen molar-refractivity contribution < 1.29 is 4.42 Å². The summed E-state index contributed by atoms with van der Waals surface area (Å²) in [6.07, 6.45) is 5.27. The maximum absolute atomic E-state index is 5.20. The summed E-state index contributed by atoms with van der Waals surface area (Å²) < 4.78 is 5.20. The molecule has 0 saturated carbocycles. The highest BCUT2D eigenvalue weighted by atomic mass is 16.3. The fourth-order valence-electron chi connectivity index (χ4n) is 1.32. The molecule has 84 valence electrons. The quantitative estimate of drug-likeness (QED) is 0.794. The van der Waals surface area contributed by atoms with Crippen molar-refractivity contribution in [3.8, 4) is 0 Å². The van der Waals surface area contributed by atoms with E-state index in [1.807, 2.05) is 12.1 Å². The Morgan fingerprint density at radius 3 is 2.69 bits per heavy atom. The van der Waals surface area contributed by atoms with Gasteiger partial charge in [0.25, 0.3) is 0 Å². The van der Waals surface area contributed by atoms with E-state index in [2.05, 4.69) is 20.6 Å². The first kappa shape index (κ1) is 10.6. The lowest BCUT2D eigenvalue weighted by Gasteiger charge is -2.03. The Bertz CT molecular complexity index is 410. The maximum Gasteiger partial charge on any atom is 0.222 e. The van der Waals surface area contributed by atoms with E-state index in [4.69, 9.17) is 4.42 Å². The van der Waals surface area contributed by atoms with E-state index < -0.39 is 0 Å². The molecule has 0 amide bonds. The van der Waals surface area contributed by atoms with Crippen LogP contribution in [0.15, 0.2) is 35.2 Å². The molecule has 2 aromatic heterocycles. The van der Waals surface area contributed by atoms with Crippen molar-refractivity contribution in [2.75, 3.05) is 12.4 Å². The van der Waals surface area contributed by atoms with Gasteiger partial charge >= 0.3 is 0 Å². The molecule has 0 radical (unpaired) electrons. The Kier molecular flexibility index (Phi) is 3.50. The van der Waals surface area contributed by atoms with Gasteiger partial charge in [-0.05, 0) is 12.1 Å². The van der Waals surface area contributed by atoms with Crippen LogP contribution in [0.5, 0.6) is 0 Å². The van der Waals surface area contributed by atoms with Crippen molar-refractivity contribution in [3.63, 3.8) is 0 Å². The molecule has 0 bridgehead atoms. The minimum absolute atomic E-state index is 0.634. The van der Waals surface area contributed by atoms with E-state index in [0.717, 1.165) is 17.9 Å². The molecule has 2 N–H and O–H groups in total. The zero-order chi connectivity index (χ0) is 11.2. The first-order valence-electron chi connectivity index (χ1n) is 5.10. The number of nitrogens with zero attached hydrogens (tertiary/aromatic N) is 2. The Morgan fingerprint density at radius 2 is 2.06 bits per heavy atom. The highest BCUT2D eigenvalue weighted by molar-refractivity contribution is 5.23. The minimum atomic E-state index is 0.634. The normalized spacial score (nSPS) is 10.3. The standard InChI is InChI=1S/C11H14N4O/c1-12-11-14-6-9(7-15-11)5-13-8-10-3-2-4-16-10/h2-4,6-7,13H,5,8H2,1H3,(H,12,14,15). The monoisotopic (exact) mass is 218 g/mol. The van der Waals surface area contributed by atoms with Crippen LogP contribution < -0.4 is 10.6 Å². The lowest BCUT2D eigenvalue weighted by atomic mass is 10.3. The lowest BCUT2D eigenvalue weighted by Crippen LogP contribution is -2.12. The molecule has 0 fully saturated rings. The third-order valence-electron chi connectivity index (χ3n) is 2.14. The van der Waals surface area contributed by atoms with E-state index >= 15 is 0 Å². The van der Waals surface area contributed by atoms with Crippen LogP contribution in [0, 0.1) is 0 Å². The SMILES string of the molecule is CNc1ncc(CNCc2ccco2)cn1. The number of furan rings is 1. The van der Waals surface area contributed by atoms with E-state index in [9.17, 15) is 0 Å². The van der Waals surface area contributed by atoms with Gasteiger partial charge in [0.1, 0.15) is 5.76 Å². The molecule has 0 aromatic carbocycles. The van der Waals surface area contributed by atoms with E-state index in [1.54, 1.807) is 25.7 Å². The van der Waals surface area contributed by atoms with Gasteiger partial charge in [0.2, 0.25) is 5.95 Å². The molecular weight excluding hydrogens is 204 g/mol. The second-order valence-corrected chi connectivity index (χ2v) is 3.35. The van der Waals surface area contributed by atoms with Gasteiger partial charge in [-0.2, -0.15) is 0 Å². The summed E-state index contributed by atoms with van der Waals surface area (Å²) >= 11 is 0. The number of anilines is 1. The van der Waals surface area contributed by atoms with E-state index in [1.165, 1.54) is 0 Å². The molecule has 0 spiro atoms. The number of nitrogens with one attached hydrogen (secondary N) is 2. The lowest BCUT2D eigenvalue weighted by molar-refractivity contribution is 0.482. The first-order valence-corrected chi connectivity index (χ1v) is 5.10. The van der Waals surface area contributed by atoms with Gasteiger partial charge < -0.3 is 15.1 Å². The molecule has 0 aliphatic rings. The molecular formula is C11H14N4O. The summed E-state index contributed by atoms with van der Waals surface area (Å²) in [7, 11) is 1.80. The second kappa shape index (κ2) is 5.27. The summed E-state index contributed by atoms with van der Waals surface area (Å²) in [6, 6.07) is 3.81. The van der Waals surface area contributed by atoms with E-state index in [-0.39, 0.29) is 0 Å². The van der Waals surface area contributed by atoms with Gasteiger partial charge in [0.15, 0.2) is 0 Å². The van der Waals surface area contributed by atoms with Crippen molar-refractivity contribution >= 4 is 5.95 Å². The molecule has 2 aromatic rings. The molecule has 0 saturated heterocycles. The van der Waals surface area contributed by atoms with Crippen LogP contribution in [0.3, 0.4) is 0 Å². The largest absolute Gasteiger partial charge is 0.468 e. The topological polar surface area (TPSA) is 63.0 Å². The summed E-state index contributed by atoms with van der Waals surface area (Å²) in [5.74, 6) is 1.56. The van der Waals surface area contributed by atoms with Crippen molar-refractivity contribution in [3.05, 3.63) is 42.1 Å². The number of hydrogen-bond donors (Lipinski definition) is 2. The third kappa shape index (κ3) is 2.80. The number of hydrogen-bond acceptors (Lipinski definition) is 5. The summed E-state index contributed by atoms with van der Waals surface area (Å²) in [6.45, 7) is 1.44. The number of rotatable bonds is 5. The van der Waals surface area contributed by atoms with Crippen molar-refractivity contribution in [2.45, 2.75) is 13.1 Å². The van der Waals surface area contributed by atoms with Crippen LogP contribution in [-0.2, 0) is 13.1 Å². The number of aromatic nitrogens is 2. The van der Waals surface area contributed by atoms with Gasteiger partial charge in [-0.1, -0.05) is 0 Å². The van der Waals surface area contributed by atoms with E-state index in [0.29, 0.717) is 12.5 Å². The van der Waals surface area contributed by atoms with Gasteiger partial charge in [-0.25, -0.2) is 9.97 Å². The zero-order valence-corrected chi connectivity index (χ0v) is 9.10. The Morgan fingerprint density at radius 1 is 1.25 bits per heavy atom. The van der Waals surface area contributed by atoms with Crippen LogP contribution in [0.4, 0.5) is 5.95 Å². The Labute approximate surface area is 93.9 Å². The predicted molar refractivity (Wildman–Crippen MR) is 60.8 cm³/mol. The summed E-state index contributed by atoms with van der Waals surface area (Å²) in [5, 5.41) is 6.12. The van der Waals surface area contributed by atoms with Crippen LogP contribution in [-0.4, -0.2) is 17.0 Å². The van der Waals surface area contributed by atoms with Crippen LogP contribution >= 0.6 is 0 Å². The fraction of sp³-hybridized carbons (Fsp3) is 0.273. The molecule has 0 atom stereocenters. The highest BCUT2D eigenvalue weighted by Gasteiger charge is 1.97. The summed E-state index contributed by atoms with van der Waals surface area (Å²) in [4.78, 5) is 8.25. The molecule has 5 heteroatoms. The van der Waals surface area contributed by atoms with Crippen LogP contribution in [0.2, 0.25) is 0 Å². The van der Waals surface area contributed by atoms with Gasteiger partial charge in [-0.15, -0.1) is 0 Å². The average Bonchev–Trinajstić information content (AvgIpc) is 2.83. The third-order valence-corrected chi connectivity index (χ3v) is 2.14. The Balaban J connectivity index is 1.81. The fourth-order valence-corrected chi connectivity index (χ4v) is 1.32. The van der Waals surface area contributed by atoms with Gasteiger partial charge in [-0.3, -0.25) is 0 Å². The van der Waals surface area contributed by atoms with Crippen molar-refractivity contribution in [2.24, 2.45) is 0 Å². The van der Waals surface area contributed by atoms with Crippen LogP contribution in [0.1, 0.15) is 11.3 Å². The average molecular weight is 218 g/mol. The molecule has 2 heterocycles. The molecule has 5 nitrogen and oxygen atoms in total. The summed E-state index contributed by atoms with van der Waals surface area (Å²) in [5.41, 5.74) is 1.05. The van der Waals surface area contributed by atoms with Crippen molar-refractivity contribution in [1.82, 2.24) is 15.3 Å². The van der Waals surface area contributed by atoms with Crippen LogP contribution in [0.25, 0.3) is 0 Å². The molecule has 16 heavy (non-hydrogen) atoms. The van der Waals surface area contributed by atoms with Crippen molar-refractivity contribution in [1.29, 1.82) is 0 Å². The predicted octanol–water partition coefficient (Wildman–Crippen LogP) is 1.40. The zero-order valence-electron chi connectivity index (χ0n) is 9.10.